The van der Waals surface area contributed by atoms with E-state index in [1.54, 1.807) is 18.2 Å². The fourth-order valence-electron chi connectivity index (χ4n) is 3.38. The Balaban J connectivity index is 1.96. The number of amides is 1. The number of benzene rings is 1. The number of ether oxygens (including phenoxy) is 3. The number of fused-ring (bicyclic) bond motifs is 1. The van der Waals surface area contributed by atoms with Crippen molar-refractivity contribution in [1.82, 2.24) is 15.1 Å². The lowest BCUT2D eigenvalue weighted by Crippen LogP contribution is -2.36. The van der Waals surface area contributed by atoms with Gasteiger partial charge in [-0.2, -0.15) is 18.3 Å². The number of nitrogens with zero attached hydrogens (tertiary/aromatic N) is 2. The summed E-state index contributed by atoms with van der Waals surface area (Å²) in [7, 11) is 4.41. The number of nitrogens with one attached hydrogen (secondary N) is 2. The van der Waals surface area contributed by atoms with Gasteiger partial charge in [-0.25, -0.2) is 4.68 Å². The molecule has 0 aliphatic carbocycles. The molecule has 2 atom stereocenters. The van der Waals surface area contributed by atoms with Crippen molar-refractivity contribution in [3.05, 3.63) is 35.5 Å². The maximum atomic E-state index is 13.8. The van der Waals surface area contributed by atoms with Crippen molar-refractivity contribution >= 4 is 11.7 Å². The van der Waals surface area contributed by atoms with Crippen LogP contribution in [-0.2, 0) is 4.74 Å². The molecule has 2 aromatic rings. The van der Waals surface area contributed by atoms with Crippen LogP contribution in [0, 0.1) is 0 Å². The Bertz CT molecular complexity index is 900. The summed E-state index contributed by atoms with van der Waals surface area (Å²) < 4.78 is 57.5. The van der Waals surface area contributed by atoms with Gasteiger partial charge in [0, 0.05) is 20.1 Å². The van der Waals surface area contributed by atoms with Crippen molar-refractivity contribution in [3.8, 4) is 11.5 Å². The molecule has 0 fully saturated rings. The molecule has 2 heterocycles. The number of carbonyl (C=O) groups is 1. The molecule has 1 aliphatic heterocycles. The zero-order valence-corrected chi connectivity index (χ0v) is 16.7. The van der Waals surface area contributed by atoms with E-state index in [0.29, 0.717) is 17.1 Å². The van der Waals surface area contributed by atoms with Crippen LogP contribution < -0.4 is 20.1 Å². The first-order valence-corrected chi connectivity index (χ1v) is 9.20. The third-order valence-electron chi connectivity index (χ3n) is 4.88. The maximum absolute atomic E-state index is 13.8. The molecule has 0 saturated carbocycles. The Kier molecular flexibility index (Phi) is 6.40. The van der Waals surface area contributed by atoms with Gasteiger partial charge in [0.25, 0.3) is 5.91 Å². The van der Waals surface area contributed by atoms with Gasteiger partial charge >= 0.3 is 6.18 Å². The Morgan fingerprint density at radius 1 is 1.27 bits per heavy atom. The summed E-state index contributed by atoms with van der Waals surface area (Å²) in [5.41, 5.74) is 0.602. The summed E-state index contributed by atoms with van der Waals surface area (Å²) in [6.45, 7) is 0.504. The molecular formula is C19H23F3N4O4. The fourth-order valence-corrected chi connectivity index (χ4v) is 3.38. The number of carbonyl (C=O) groups excluding carboxylic acids is 1. The average molecular weight is 428 g/mol. The minimum atomic E-state index is -4.54. The molecule has 164 valence electrons. The number of anilines is 1. The molecule has 1 amide bonds. The summed E-state index contributed by atoms with van der Waals surface area (Å²) in [6, 6.07) is 2.31. The second-order valence-corrected chi connectivity index (χ2v) is 6.70. The first-order valence-electron chi connectivity index (χ1n) is 9.20. The maximum Gasteiger partial charge on any atom is 0.410 e. The second kappa shape index (κ2) is 8.82. The number of alkyl halides is 3. The molecular weight excluding hydrogens is 405 g/mol. The SMILES string of the molecule is COCCNC(=O)c1cnn2c1N[C@H](c1ccc(OC)c(OC)c1)C[C@H]2C(F)(F)F. The van der Waals surface area contributed by atoms with Gasteiger partial charge in [0.1, 0.15) is 11.4 Å². The zero-order chi connectivity index (χ0) is 21.9. The number of halogens is 3. The third kappa shape index (κ3) is 4.30. The molecule has 0 saturated heterocycles. The van der Waals surface area contributed by atoms with Crippen LogP contribution in [0.2, 0.25) is 0 Å². The van der Waals surface area contributed by atoms with Gasteiger partial charge in [0.05, 0.1) is 33.1 Å². The largest absolute Gasteiger partial charge is 0.493 e. The van der Waals surface area contributed by atoms with Gasteiger partial charge in [-0.3, -0.25) is 4.79 Å². The van der Waals surface area contributed by atoms with E-state index in [-0.39, 0.29) is 31.0 Å². The summed E-state index contributed by atoms with van der Waals surface area (Å²) in [4.78, 5) is 12.5. The van der Waals surface area contributed by atoms with E-state index < -0.39 is 24.2 Å². The van der Waals surface area contributed by atoms with Crippen LogP contribution in [0.1, 0.15) is 34.4 Å². The van der Waals surface area contributed by atoms with E-state index >= 15 is 0 Å². The van der Waals surface area contributed by atoms with Gasteiger partial charge in [0.2, 0.25) is 0 Å². The first kappa shape index (κ1) is 21.8. The lowest BCUT2D eigenvalue weighted by molar-refractivity contribution is -0.173. The number of rotatable bonds is 7. The summed E-state index contributed by atoms with van der Waals surface area (Å²) in [5, 5.41) is 9.48. The third-order valence-corrected chi connectivity index (χ3v) is 4.88. The highest BCUT2D eigenvalue weighted by Gasteiger charge is 2.47. The highest BCUT2D eigenvalue weighted by atomic mass is 19.4. The van der Waals surface area contributed by atoms with Gasteiger partial charge in [-0.15, -0.1) is 0 Å². The number of aromatic nitrogens is 2. The standard InChI is InChI=1S/C19H23F3N4O4/c1-28-7-6-23-18(27)12-10-24-26-16(19(20,21)22)9-13(25-17(12)26)11-4-5-14(29-2)15(8-11)30-3/h4-5,8,10,13,16,25H,6-7,9H2,1-3H3,(H,23,27)/t13-,16-/m0/s1. The molecule has 2 N–H and O–H groups in total. The van der Waals surface area contributed by atoms with E-state index in [9.17, 15) is 18.0 Å². The highest BCUT2D eigenvalue weighted by molar-refractivity contribution is 5.98. The Morgan fingerprint density at radius 2 is 2.00 bits per heavy atom. The van der Waals surface area contributed by atoms with E-state index in [2.05, 4.69) is 15.7 Å². The molecule has 1 aromatic carbocycles. The molecule has 1 aromatic heterocycles. The van der Waals surface area contributed by atoms with E-state index in [0.717, 1.165) is 10.9 Å². The second-order valence-electron chi connectivity index (χ2n) is 6.70. The lowest BCUT2D eigenvalue weighted by Gasteiger charge is -2.34. The Hall–Kier alpha value is -2.95. The topological polar surface area (TPSA) is 86.6 Å². The average Bonchev–Trinajstić information content (AvgIpc) is 3.15. The molecule has 8 nitrogen and oxygen atoms in total. The van der Waals surface area contributed by atoms with Crippen molar-refractivity contribution in [3.63, 3.8) is 0 Å². The van der Waals surface area contributed by atoms with Gasteiger partial charge in [-0.1, -0.05) is 6.07 Å². The molecule has 30 heavy (non-hydrogen) atoms. The summed E-state index contributed by atoms with van der Waals surface area (Å²) in [5.74, 6) is 0.345. The molecule has 1 aliphatic rings. The minimum absolute atomic E-state index is 0.0123. The van der Waals surface area contributed by atoms with Crippen LogP contribution in [0.3, 0.4) is 0 Å². The van der Waals surface area contributed by atoms with Crippen molar-refractivity contribution < 1.29 is 32.2 Å². The fraction of sp³-hybridized carbons (Fsp3) is 0.474. The summed E-state index contributed by atoms with van der Waals surface area (Å²) in [6.07, 6.45) is -3.69. The van der Waals surface area contributed by atoms with E-state index in [4.69, 9.17) is 14.2 Å². The number of hydrogen-bond donors (Lipinski definition) is 2. The molecule has 3 rings (SSSR count). The van der Waals surface area contributed by atoms with Crippen molar-refractivity contribution in [1.29, 1.82) is 0 Å². The van der Waals surface area contributed by atoms with Crippen LogP contribution in [0.5, 0.6) is 11.5 Å². The predicted octanol–water partition coefficient (Wildman–Crippen LogP) is 2.94. The predicted molar refractivity (Wildman–Crippen MR) is 102 cm³/mol. The Labute approximate surface area is 171 Å². The van der Waals surface area contributed by atoms with Gasteiger partial charge < -0.3 is 24.8 Å². The highest BCUT2D eigenvalue weighted by Crippen LogP contribution is 2.45. The van der Waals surface area contributed by atoms with E-state index in [1.165, 1.54) is 21.3 Å². The zero-order valence-electron chi connectivity index (χ0n) is 16.7. The normalized spacial score (nSPS) is 18.3. The van der Waals surface area contributed by atoms with Crippen LogP contribution >= 0.6 is 0 Å². The number of methoxy groups -OCH3 is 3. The minimum Gasteiger partial charge on any atom is -0.493 e. The van der Waals surface area contributed by atoms with Crippen molar-refractivity contribution in [2.24, 2.45) is 0 Å². The molecule has 11 heteroatoms. The van der Waals surface area contributed by atoms with E-state index in [1.807, 2.05) is 0 Å². The monoisotopic (exact) mass is 428 g/mol. The molecule has 0 unspecified atom stereocenters. The van der Waals surface area contributed by atoms with Crippen LogP contribution in [-0.4, -0.2) is 56.3 Å². The Morgan fingerprint density at radius 3 is 2.63 bits per heavy atom. The van der Waals surface area contributed by atoms with Crippen LogP contribution in [0.25, 0.3) is 0 Å². The first-order chi connectivity index (χ1) is 14.3. The number of hydrogen-bond acceptors (Lipinski definition) is 6. The molecule has 0 radical (unpaired) electrons. The van der Waals surface area contributed by atoms with Crippen LogP contribution in [0.4, 0.5) is 19.0 Å². The summed E-state index contributed by atoms with van der Waals surface area (Å²) >= 11 is 0. The van der Waals surface area contributed by atoms with Gasteiger partial charge in [0.15, 0.2) is 17.5 Å². The van der Waals surface area contributed by atoms with Gasteiger partial charge in [-0.05, 0) is 17.7 Å². The quantitative estimate of drug-likeness (QED) is 0.660. The smallest absolute Gasteiger partial charge is 0.410 e. The van der Waals surface area contributed by atoms with Crippen LogP contribution in [0.15, 0.2) is 24.4 Å². The van der Waals surface area contributed by atoms with Crippen molar-refractivity contribution in [2.45, 2.75) is 24.7 Å². The van der Waals surface area contributed by atoms with Crippen molar-refractivity contribution in [2.75, 3.05) is 39.8 Å². The molecule has 0 spiro atoms. The molecule has 0 bridgehead atoms. The lowest BCUT2D eigenvalue weighted by atomic mass is 9.96.